The van der Waals surface area contributed by atoms with Crippen molar-refractivity contribution in [1.29, 1.82) is 0 Å². The van der Waals surface area contributed by atoms with Gasteiger partial charge in [0.15, 0.2) is 0 Å². The summed E-state index contributed by atoms with van der Waals surface area (Å²) in [4.78, 5) is 35.5. The summed E-state index contributed by atoms with van der Waals surface area (Å²) in [5.74, 6) is -1.04. The van der Waals surface area contributed by atoms with Crippen LogP contribution >= 0.6 is 0 Å². The number of carbonyl (C=O) groups is 3. The first-order valence-electron chi connectivity index (χ1n) is 6.67. The molecule has 0 aliphatic rings. The van der Waals surface area contributed by atoms with Gasteiger partial charge in [0.1, 0.15) is 0 Å². The number of carbonyl (C=O) groups excluding carboxylic acids is 3. The summed E-state index contributed by atoms with van der Waals surface area (Å²) >= 11 is 1.11. The van der Waals surface area contributed by atoms with Crippen LogP contribution in [0.3, 0.4) is 0 Å². The number of likely N-dealkylation sites (N-methyl/N-ethyl adjacent to an activating group) is 1. The fourth-order valence-corrected chi connectivity index (χ4v) is 2.16. The molecule has 0 saturated carbocycles. The molecule has 0 radical (unpaired) electrons. The van der Waals surface area contributed by atoms with Crippen LogP contribution < -0.4 is 10.6 Å². The van der Waals surface area contributed by atoms with Crippen molar-refractivity contribution in [3.63, 3.8) is 0 Å². The Bertz CT molecular complexity index is 404. The molecule has 0 aromatic rings. The number of ether oxygens (including phenoxy) is 1. The van der Waals surface area contributed by atoms with Crippen molar-refractivity contribution in [2.75, 3.05) is 13.7 Å². The van der Waals surface area contributed by atoms with Gasteiger partial charge in [0.2, 0.25) is 0 Å². The molecule has 21 heavy (non-hydrogen) atoms. The van der Waals surface area contributed by atoms with Crippen LogP contribution in [-0.2, 0) is 19.1 Å². The predicted molar refractivity (Wildman–Crippen MR) is 83.5 cm³/mol. The van der Waals surface area contributed by atoms with Crippen LogP contribution in [0.2, 0.25) is 4.71 Å². The molecule has 120 valence electrons. The third-order valence-corrected chi connectivity index (χ3v) is 3.88. The van der Waals surface area contributed by atoms with Crippen molar-refractivity contribution in [1.82, 2.24) is 10.6 Å². The number of hydrogen-bond donors (Lipinski definition) is 2. The standard InChI is InChI=1S/C14H25AsN2O4/c1-6-7-21-10(18)8-9(15)12(19)17-11(13(20)16-5)14(2,3)4/h6,9,11H,1,7-8,15H2,2-5H3,(H,16,20)(H,17,19)/t9-,11-/m1/s1. The summed E-state index contributed by atoms with van der Waals surface area (Å²) in [6.07, 6.45) is 1.46. The second-order valence-electron chi connectivity index (χ2n) is 5.70. The molecule has 0 fully saturated rings. The zero-order valence-electron chi connectivity index (χ0n) is 13.1. The molecule has 0 aromatic heterocycles. The molecule has 0 bridgehead atoms. The summed E-state index contributed by atoms with van der Waals surface area (Å²) in [7, 11) is 1.52. The first-order valence-corrected chi connectivity index (χ1v) is 8.07. The van der Waals surface area contributed by atoms with Crippen molar-refractivity contribution in [2.24, 2.45) is 5.41 Å². The Morgan fingerprint density at radius 1 is 1.29 bits per heavy atom. The van der Waals surface area contributed by atoms with Gasteiger partial charge in [-0.25, -0.2) is 0 Å². The van der Waals surface area contributed by atoms with E-state index in [1.54, 1.807) is 0 Å². The molecule has 7 heteroatoms. The maximum atomic E-state index is 12.1. The molecule has 3 atom stereocenters. The average molecular weight is 360 g/mol. The quantitative estimate of drug-likeness (QED) is 0.374. The van der Waals surface area contributed by atoms with Gasteiger partial charge in [0, 0.05) is 0 Å². The van der Waals surface area contributed by atoms with Crippen molar-refractivity contribution in [3.05, 3.63) is 12.7 Å². The van der Waals surface area contributed by atoms with Crippen LogP contribution in [0.4, 0.5) is 0 Å². The Kier molecular flexibility index (Phi) is 8.33. The van der Waals surface area contributed by atoms with Gasteiger partial charge in [0.25, 0.3) is 0 Å². The van der Waals surface area contributed by atoms with Crippen LogP contribution in [-0.4, -0.2) is 54.3 Å². The molecular weight excluding hydrogens is 335 g/mol. The Labute approximate surface area is 134 Å². The topological polar surface area (TPSA) is 84.5 Å². The monoisotopic (exact) mass is 360 g/mol. The minimum absolute atomic E-state index is 0.00964. The van der Waals surface area contributed by atoms with E-state index in [1.807, 2.05) is 20.8 Å². The summed E-state index contributed by atoms with van der Waals surface area (Å²) < 4.78 is 4.34. The number of amides is 2. The fourth-order valence-electron chi connectivity index (χ4n) is 1.55. The second-order valence-corrected chi connectivity index (χ2v) is 7.39. The van der Waals surface area contributed by atoms with E-state index in [4.69, 9.17) is 4.74 Å². The number of esters is 1. The van der Waals surface area contributed by atoms with Gasteiger partial charge >= 0.3 is 134 Å². The summed E-state index contributed by atoms with van der Waals surface area (Å²) in [6, 6.07) is -0.655. The van der Waals surface area contributed by atoms with E-state index in [-0.39, 0.29) is 24.8 Å². The number of rotatable bonds is 7. The van der Waals surface area contributed by atoms with Crippen LogP contribution in [0.25, 0.3) is 0 Å². The molecule has 0 aliphatic carbocycles. The molecule has 6 nitrogen and oxygen atoms in total. The van der Waals surface area contributed by atoms with Crippen molar-refractivity contribution < 1.29 is 19.1 Å². The van der Waals surface area contributed by atoms with E-state index in [0.29, 0.717) is 0 Å². The minimum atomic E-state index is -0.655. The van der Waals surface area contributed by atoms with E-state index in [2.05, 4.69) is 17.2 Å². The molecule has 0 aromatic carbocycles. The van der Waals surface area contributed by atoms with Gasteiger partial charge in [-0.15, -0.1) is 0 Å². The second kappa shape index (κ2) is 8.88. The Morgan fingerprint density at radius 2 is 1.86 bits per heavy atom. The van der Waals surface area contributed by atoms with E-state index >= 15 is 0 Å². The van der Waals surface area contributed by atoms with Crippen molar-refractivity contribution in [2.45, 2.75) is 37.9 Å². The first kappa shape index (κ1) is 19.7. The molecule has 2 N–H and O–H groups in total. The van der Waals surface area contributed by atoms with E-state index < -0.39 is 22.1 Å². The molecule has 2 amide bonds. The third kappa shape index (κ3) is 7.32. The zero-order valence-corrected chi connectivity index (χ0v) is 15.5. The molecule has 0 heterocycles. The molecule has 0 aliphatic heterocycles. The van der Waals surface area contributed by atoms with Crippen molar-refractivity contribution in [3.8, 4) is 0 Å². The SMILES string of the molecule is C=CCOC(=O)C[C@@H]([AsH2])C(=O)N[C@H](C(=O)NC)C(C)(C)C. The fraction of sp³-hybridized carbons (Fsp3) is 0.643. The first-order chi connectivity index (χ1) is 9.63. The van der Waals surface area contributed by atoms with Gasteiger partial charge < -0.3 is 0 Å². The number of hydrogen-bond acceptors (Lipinski definition) is 4. The van der Waals surface area contributed by atoms with Gasteiger partial charge in [-0.2, -0.15) is 0 Å². The van der Waals surface area contributed by atoms with E-state index in [1.165, 1.54) is 13.1 Å². The predicted octanol–water partition coefficient (Wildman–Crippen LogP) is -0.196. The number of nitrogens with one attached hydrogen (secondary N) is 2. The van der Waals surface area contributed by atoms with Gasteiger partial charge in [-0.3, -0.25) is 0 Å². The summed E-state index contributed by atoms with van der Waals surface area (Å²) in [5, 5.41) is 5.24. The van der Waals surface area contributed by atoms with Crippen LogP contribution in [0.15, 0.2) is 12.7 Å². The van der Waals surface area contributed by atoms with Gasteiger partial charge in [0.05, 0.1) is 0 Å². The summed E-state index contributed by atoms with van der Waals surface area (Å²) in [6.45, 7) is 9.16. The molecule has 1 unspecified atom stereocenters. The van der Waals surface area contributed by atoms with Crippen LogP contribution in [0.5, 0.6) is 0 Å². The zero-order chi connectivity index (χ0) is 16.6. The van der Waals surface area contributed by atoms with Gasteiger partial charge in [-0.05, 0) is 0 Å². The molecular formula is C14H25AsN2O4. The van der Waals surface area contributed by atoms with Gasteiger partial charge in [-0.1, -0.05) is 0 Å². The van der Waals surface area contributed by atoms with E-state index in [9.17, 15) is 14.4 Å². The van der Waals surface area contributed by atoms with E-state index in [0.717, 1.165) is 16.9 Å². The molecule has 0 rings (SSSR count). The molecule has 0 spiro atoms. The van der Waals surface area contributed by atoms with Crippen LogP contribution in [0, 0.1) is 5.41 Å². The van der Waals surface area contributed by atoms with Crippen LogP contribution in [0.1, 0.15) is 27.2 Å². The summed E-state index contributed by atoms with van der Waals surface area (Å²) in [5.41, 5.74) is -0.425. The Hall–Kier alpha value is -1.29. The Balaban J connectivity index is 4.65. The van der Waals surface area contributed by atoms with Crippen molar-refractivity contribution >= 4 is 34.6 Å². The Morgan fingerprint density at radius 3 is 2.29 bits per heavy atom. The third-order valence-electron chi connectivity index (χ3n) is 2.75. The molecule has 0 saturated heterocycles. The maximum absolute atomic E-state index is 12.1. The average Bonchev–Trinajstić information content (AvgIpc) is 2.39. The normalized spacial score (nSPS) is 13.8.